The van der Waals surface area contributed by atoms with Crippen LogP contribution in [-0.2, 0) is 13.0 Å². The van der Waals surface area contributed by atoms with E-state index in [0.717, 1.165) is 40.5 Å². The van der Waals surface area contributed by atoms with Gasteiger partial charge in [0.2, 0.25) is 0 Å². The van der Waals surface area contributed by atoms with Crippen LogP contribution in [0.4, 0.5) is 0 Å². The summed E-state index contributed by atoms with van der Waals surface area (Å²) in [6, 6.07) is 24.0. The number of allylic oxidation sites excluding steroid dienone is 1. The lowest BCUT2D eigenvalue weighted by Crippen LogP contribution is -2.31. The Hall–Kier alpha value is -3.93. The van der Waals surface area contributed by atoms with E-state index in [4.69, 9.17) is 0 Å². The molecule has 5 heteroatoms. The lowest BCUT2D eigenvalue weighted by Gasteiger charge is -2.13. The van der Waals surface area contributed by atoms with Gasteiger partial charge in [0.15, 0.2) is 5.78 Å². The number of para-hydroxylation sites is 2. The molecular weight excluding hydrogens is 446 g/mol. The van der Waals surface area contributed by atoms with E-state index in [1.165, 1.54) is 10.9 Å². The van der Waals surface area contributed by atoms with E-state index in [1.54, 1.807) is 6.08 Å². The van der Waals surface area contributed by atoms with E-state index < -0.39 is 6.10 Å². The third kappa shape index (κ3) is 5.33. The number of aliphatic hydroxyl groups is 1. The largest absolute Gasteiger partial charge is 0.390 e. The van der Waals surface area contributed by atoms with Crippen LogP contribution < -0.4 is 5.32 Å². The molecule has 5 nitrogen and oxygen atoms in total. The molecular formula is C31H31N3O2. The number of carbonyl (C=O) groups is 1. The highest BCUT2D eigenvalue weighted by atomic mass is 16.3. The predicted molar refractivity (Wildman–Crippen MR) is 147 cm³/mol. The number of aromatic nitrogens is 2. The molecule has 0 aliphatic heterocycles. The summed E-state index contributed by atoms with van der Waals surface area (Å²) in [6.45, 7) is 3.78. The molecule has 0 fully saturated rings. The van der Waals surface area contributed by atoms with Gasteiger partial charge in [0.25, 0.3) is 0 Å². The van der Waals surface area contributed by atoms with E-state index in [9.17, 15) is 9.90 Å². The molecule has 0 radical (unpaired) electrons. The monoisotopic (exact) mass is 477 g/mol. The van der Waals surface area contributed by atoms with Gasteiger partial charge in [-0.15, -0.1) is 0 Å². The highest BCUT2D eigenvalue weighted by Gasteiger charge is 2.11. The zero-order valence-electron chi connectivity index (χ0n) is 20.4. The molecule has 3 aromatic carbocycles. The minimum absolute atomic E-state index is 0.0220. The van der Waals surface area contributed by atoms with Crippen molar-refractivity contribution < 1.29 is 9.90 Å². The Balaban J connectivity index is 1.21. The molecule has 182 valence electrons. The molecule has 0 bridgehead atoms. The first-order valence-electron chi connectivity index (χ1n) is 12.4. The maximum Gasteiger partial charge on any atom is 0.185 e. The number of aryl methyl sites for hydroxylation is 1. The highest BCUT2D eigenvalue weighted by Crippen LogP contribution is 2.23. The molecule has 1 atom stereocenters. The van der Waals surface area contributed by atoms with Gasteiger partial charge in [0.1, 0.15) is 0 Å². The molecule has 5 rings (SSSR count). The molecule has 0 amide bonds. The van der Waals surface area contributed by atoms with Crippen molar-refractivity contribution in [2.75, 3.05) is 13.1 Å². The van der Waals surface area contributed by atoms with Crippen LogP contribution in [0.25, 0.3) is 27.9 Å². The number of fused-ring (bicyclic) bond motifs is 2. The first kappa shape index (κ1) is 23.8. The second-order valence-corrected chi connectivity index (χ2v) is 9.29. The van der Waals surface area contributed by atoms with Crippen molar-refractivity contribution in [3.05, 3.63) is 114 Å². The van der Waals surface area contributed by atoms with E-state index in [0.29, 0.717) is 18.7 Å². The number of ketones is 1. The summed E-state index contributed by atoms with van der Waals surface area (Å²) >= 11 is 0. The first-order valence-corrected chi connectivity index (χ1v) is 12.4. The van der Waals surface area contributed by atoms with Crippen molar-refractivity contribution in [3.63, 3.8) is 0 Å². The van der Waals surface area contributed by atoms with Gasteiger partial charge in [-0.25, -0.2) is 0 Å². The van der Waals surface area contributed by atoms with Gasteiger partial charge in [-0.05, 0) is 49.7 Å². The number of H-pyrrole nitrogens is 1. The maximum atomic E-state index is 12.6. The van der Waals surface area contributed by atoms with Gasteiger partial charge < -0.3 is 20.0 Å². The molecule has 0 saturated heterocycles. The van der Waals surface area contributed by atoms with Gasteiger partial charge >= 0.3 is 0 Å². The summed E-state index contributed by atoms with van der Waals surface area (Å²) < 4.78 is 2.07. The van der Waals surface area contributed by atoms with Crippen molar-refractivity contribution in [1.29, 1.82) is 0 Å². The smallest absolute Gasteiger partial charge is 0.185 e. The average Bonchev–Trinajstić information content (AvgIpc) is 3.47. The molecule has 2 heterocycles. The van der Waals surface area contributed by atoms with Crippen LogP contribution in [0.2, 0.25) is 0 Å². The first-order chi connectivity index (χ1) is 17.6. The SMILES string of the molecule is Cc1ccc(C(=O)/C=C/c2cn(CC(O)CNCCc3c[nH]c4ccccc34)c3ccccc23)cc1. The normalized spacial score (nSPS) is 12.6. The zero-order valence-corrected chi connectivity index (χ0v) is 20.4. The number of hydrogen-bond donors (Lipinski definition) is 3. The molecule has 0 spiro atoms. The highest BCUT2D eigenvalue weighted by molar-refractivity contribution is 6.07. The van der Waals surface area contributed by atoms with Crippen molar-refractivity contribution >= 4 is 33.7 Å². The molecule has 0 saturated carbocycles. The lowest BCUT2D eigenvalue weighted by molar-refractivity contribution is 0.104. The average molecular weight is 478 g/mol. The lowest BCUT2D eigenvalue weighted by atomic mass is 10.1. The summed E-state index contributed by atoms with van der Waals surface area (Å²) in [5, 5.41) is 16.4. The van der Waals surface area contributed by atoms with Crippen molar-refractivity contribution in [2.45, 2.75) is 26.0 Å². The number of carbonyl (C=O) groups excluding carboxylic acids is 1. The Morgan fingerprint density at radius 1 is 1.03 bits per heavy atom. The Morgan fingerprint density at radius 2 is 1.78 bits per heavy atom. The Bertz CT molecular complexity index is 1510. The van der Waals surface area contributed by atoms with Crippen LogP contribution >= 0.6 is 0 Å². The van der Waals surface area contributed by atoms with E-state index in [1.807, 2.05) is 73.8 Å². The van der Waals surface area contributed by atoms with Gasteiger partial charge in [0.05, 0.1) is 6.10 Å². The summed E-state index contributed by atoms with van der Waals surface area (Å²) in [4.78, 5) is 15.9. The fourth-order valence-electron chi connectivity index (χ4n) is 4.66. The molecule has 36 heavy (non-hydrogen) atoms. The third-order valence-corrected chi connectivity index (χ3v) is 6.60. The van der Waals surface area contributed by atoms with Gasteiger partial charge in [-0.2, -0.15) is 0 Å². The van der Waals surface area contributed by atoms with Crippen LogP contribution in [0.1, 0.15) is 27.0 Å². The predicted octanol–water partition coefficient (Wildman–Crippen LogP) is 5.52. The fraction of sp³-hybridized carbons (Fsp3) is 0.194. The fourth-order valence-corrected chi connectivity index (χ4v) is 4.66. The van der Waals surface area contributed by atoms with Crippen LogP contribution in [-0.4, -0.2) is 39.6 Å². The molecule has 0 aliphatic rings. The second kappa shape index (κ2) is 10.8. The second-order valence-electron chi connectivity index (χ2n) is 9.29. The number of rotatable bonds is 10. The van der Waals surface area contributed by atoms with Crippen LogP contribution in [0, 0.1) is 6.92 Å². The summed E-state index contributed by atoms with van der Waals surface area (Å²) in [6.07, 6.45) is 7.93. The number of nitrogens with zero attached hydrogens (tertiary/aromatic N) is 1. The number of aliphatic hydroxyl groups excluding tert-OH is 1. The van der Waals surface area contributed by atoms with E-state index in [2.05, 4.69) is 39.3 Å². The molecule has 2 aromatic heterocycles. The Kier molecular flexibility index (Phi) is 7.12. The minimum atomic E-state index is -0.533. The Morgan fingerprint density at radius 3 is 2.61 bits per heavy atom. The number of nitrogens with one attached hydrogen (secondary N) is 2. The van der Waals surface area contributed by atoms with Crippen molar-refractivity contribution in [1.82, 2.24) is 14.9 Å². The van der Waals surface area contributed by atoms with Gasteiger partial charge in [0, 0.05) is 58.4 Å². The van der Waals surface area contributed by atoms with Crippen LogP contribution in [0.15, 0.2) is 91.3 Å². The van der Waals surface area contributed by atoms with Gasteiger partial charge in [-0.1, -0.05) is 66.2 Å². The van der Waals surface area contributed by atoms with Crippen LogP contribution in [0.3, 0.4) is 0 Å². The van der Waals surface area contributed by atoms with Gasteiger partial charge in [-0.3, -0.25) is 4.79 Å². The zero-order chi connectivity index (χ0) is 24.9. The van der Waals surface area contributed by atoms with E-state index in [-0.39, 0.29) is 5.78 Å². The molecule has 5 aromatic rings. The summed E-state index contributed by atoms with van der Waals surface area (Å²) in [5.41, 5.74) is 6.24. The quantitative estimate of drug-likeness (QED) is 0.141. The maximum absolute atomic E-state index is 12.6. The third-order valence-electron chi connectivity index (χ3n) is 6.60. The molecule has 3 N–H and O–H groups in total. The summed E-state index contributed by atoms with van der Waals surface area (Å²) in [7, 11) is 0. The molecule has 1 unspecified atom stereocenters. The van der Waals surface area contributed by atoms with Crippen molar-refractivity contribution in [2.24, 2.45) is 0 Å². The topological polar surface area (TPSA) is 70.1 Å². The van der Waals surface area contributed by atoms with Crippen LogP contribution in [0.5, 0.6) is 0 Å². The number of benzene rings is 3. The van der Waals surface area contributed by atoms with E-state index >= 15 is 0 Å². The molecule has 0 aliphatic carbocycles. The van der Waals surface area contributed by atoms with Crippen molar-refractivity contribution in [3.8, 4) is 0 Å². The number of hydrogen-bond acceptors (Lipinski definition) is 3. The summed E-state index contributed by atoms with van der Waals surface area (Å²) in [5.74, 6) is -0.0220. The number of aromatic amines is 1. The minimum Gasteiger partial charge on any atom is -0.390 e. The Labute approximate surface area is 211 Å². The standard InChI is InChI=1S/C31H31N3O2/c1-22-10-12-23(13-11-22)31(36)15-14-25-20-34(30-9-5-3-7-28(25)30)21-26(35)19-32-17-16-24-18-33-29-8-4-2-6-27(24)29/h2-15,18,20,26,32-33,35H,16-17,19,21H2,1H3/b15-14+.